The first kappa shape index (κ1) is 14.4. The fraction of sp³-hybridized carbons (Fsp3) is 0.0769. The molecule has 1 amide bonds. The molecule has 104 valence electrons. The molecule has 2 rings (SSSR count). The third-order valence-corrected chi connectivity index (χ3v) is 2.99. The van der Waals surface area contributed by atoms with Gasteiger partial charge in [-0.2, -0.15) is 0 Å². The Balaban J connectivity index is 2.33. The number of rotatable bonds is 3. The van der Waals surface area contributed by atoms with Gasteiger partial charge in [0.1, 0.15) is 5.56 Å². The van der Waals surface area contributed by atoms with Crippen LogP contribution in [0.2, 0.25) is 10.0 Å². The molecule has 0 saturated carbocycles. The summed E-state index contributed by atoms with van der Waals surface area (Å²) >= 11 is 11.6. The number of carbonyl (C=O) groups excluding carboxylic acids is 1. The van der Waals surface area contributed by atoms with Crippen LogP contribution in [0.15, 0.2) is 30.5 Å². The summed E-state index contributed by atoms with van der Waals surface area (Å²) in [6.07, 6.45) is 1.50. The van der Waals surface area contributed by atoms with Crippen molar-refractivity contribution in [3.05, 3.63) is 46.1 Å². The topological polar surface area (TPSA) is 71.5 Å². The molecule has 20 heavy (non-hydrogen) atoms. The van der Waals surface area contributed by atoms with E-state index in [-0.39, 0.29) is 27.9 Å². The van der Waals surface area contributed by atoms with Gasteiger partial charge in [0.15, 0.2) is 5.75 Å². The van der Waals surface area contributed by atoms with Crippen molar-refractivity contribution in [2.75, 3.05) is 12.4 Å². The number of phenolic OH excluding ortho intramolecular Hbond substituents is 1. The zero-order chi connectivity index (χ0) is 14.7. The van der Waals surface area contributed by atoms with Crippen LogP contribution in [-0.4, -0.2) is 23.1 Å². The van der Waals surface area contributed by atoms with Crippen LogP contribution < -0.4 is 10.1 Å². The van der Waals surface area contributed by atoms with Crippen LogP contribution in [0.5, 0.6) is 11.6 Å². The fourth-order valence-corrected chi connectivity index (χ4v) is 2.07. The van der Waals surface area contributed by atoms with Gasteiger partial charge in [-0.15, -0.1) is 0 Å². The summed E-state index contributed by atoms with van der Waals surface area (Å²) in [4.78, 5) is 16.1. The van der Waals surface area contributed by atoms with Crippen LogP contribution in [-0.2, 0) is 0 Å². The second-order valence-corrected chi connectivity index (χ2v) is 4.64. The Hall–Kier alpha value is -1.98. The summed E-state index contributed by atoms with van der Waals surface area (Å²) in [5, 5.41) is 12.6. The first-order valence-corrected chi connectivity index (χ1v) is 6.27. The van der Waals surface area contributed by atoms with Crippen molar-refractivity contribution in [3.8, 4) is 11.6 Å². The number of methoxy groups -OCH3 is 1. The third kappa shape index (κ3) is 2.95. The van der Waals surface area contributed by atoms with Gasteiger partial charge in [-0.1, -0.05) is 23.2 Å². The molecule has 5 nitrogen and oxygen atoms in total. The number of ether oxygens (including phenoxy) is 1. The number of pyridine rings is 1. The molecular weight excluding hydrogens is 303 g/mol. The van der Waals surface area contributed by atoms with Gasteiger partial charge in [0, 0.05) is 11.2 Å². The number of carbonyl (C=O) groups is 1. The number of nitrogens with zero attached hydrogens (tertiary/aromatic N) is 1. The highest BCUT2D eigenvalue weighted by atomic mass is 35.5. The Bertz CT molecular complexity index is 662. The van der Waals surface area contributed by atoms with E-state index in [4.69, 9.17) is 27.9 Å². The lowest BCUT2D eigenvalue weighted by molar-refractivity contribution is 0.102. The quantitative estimate of drug-likeness (QED) is 0.852. The van der Waals surface area contributed by atoms with E-state index < -0.39 is 5.91 Å². The molecule has 0 atom stereocenters. The van der Waals surface area contributed by atoms with Crippen molar-refractivity contribution in [2.45, 2.75) is 0 Å². The monoisotopic (exact) mass is 312 g/mol. The fourth-order valence-electron chi connectivity index (χ4n) is 1.58. The van der Waals surface area contributed by atoms with Crippen molar-refractivity contribution >= 4 is 34.8 Å². The van der Waals surface area contributed by atoms with Crippen LogP contribution in [0, 0.1) is 0 Å². The Morgan fingerprint density at radius 3 is 2.85 bits per heavy atom. The summed E-state index contributed by atoms with van der Waals surface area (Å²) in [5.74, 6) is -0.575. The normalized spacial score (nSPS) is 10.2. The van der Waals surface area contributed by atoms with E-state index in [2.05, 4.69) is 10.3 Å². The molecule has 0 unspecified atom stereocenters. The lowest BCUT2D eigenvalue weighted by Gasteiger charge is -2.10. The van der Waals surface area contributed by atoms with Gasteiger partial charge in [0.2, 0.25) is 5.88 Å². The maximum atomic E-state index is 12.1. The number of anilines is 1. The SMILES string of the molecule is COc1ncccc1C(=O)Nc1cc(Cl)cc(Cl)c1O. The summed E-state index contributed by atoms with van der Waals surface area (Å²) < 4.78 is 5.00. The van der Waals surface area contributed by atoms with Gasteiger partial charge in [0.05, 0.1) is 17.8 Å². The molecule has 0 saturated heterocycles. The highest BCUT2D eigenvalue weighted by molar-refractivity contribution is 6.36. The standard InChI is InChI=1S/C13H10Cl2N2O3/c1-20-13-8(3-2-4-16-13)12(19)17-10-6-7(14)5-9(15)11(10)18/h2-6,18H,1H3,(H,17,19). The van der Waals surface area contributed by atoms with Crippen LogP contribution in [0.3, 0.4) is 0 Å². The zero-order valence-corrected chi connectivity index (χ0v) is 11.9. The molecular formula is C13H10Cl2N2O3. The van der Waals surface area contributed by atoms with E-state index in [1.165, 1.54) is 25.4 Å². The molecule has 7 heteroatoms. The summed E-state index contributed by atoms with van der Waals surface area (Å²) in [5.41, 5.74) is 0.337. The number of hydrogen-bond acceptors (Lipinski definition) is 4. The van der Waals surface area contributed by atoms with E-state index in [1.54, 1.807) is 12.1 Å². The van der Waals surface area contributed by atoms with Crippen LogP contribution >= 0.6 is 23.2 Å². The highest BCUT2D eigenvalue weighted by Crippen LogP contribution is 2.35. The first-order valence-electron chi connectivity index (χ1n) is 5.51. The van der Waals surface area contributed by atoms with Crippen LogP contribution in [0.4, 0.5) is 5.69 Å². The van der Waals surface area contributed by atoms with Crippen molar-refractivity contribution < 1.29 is 14.6 Å². The molecule has 2 N–H and O–H groups in total. The second kappa shape index (κ2) is 5.98. The Morgan fingerprint density at radius 2 is 2.15 bits per heavy atom. The van der Waals surface area contributed by atoms with E-state index in [0.29, 0.717) is 5.02 Å². The average molecular weight is 313 g/mol. The van der Waals surface area contributed by atoms with Gasteiger partial charge >= 0.3 is 0 Å². The Labute approximate surface area is 125 Å². The minimum absolute atomic E-state index is 0.0472. The Morgan fingerprint density at radius 1 is 1.40 bits per heavy atom. The molecule has 1 aromatic heterocycles. The maximum Gasteiger partial charge on any atom is 0.261 e. The van der Waals surface area contributed by atoms with Gasteiger partial charge in [-0.25, -0.2) is 4.98 Å². The van der Waals surface area contributed by atoms with Crippen molar-refractivity contribution in [3.63, 3.8) is 0 Å². The zero-order valence-electron chi connectivity index (χ0n) is 10.4. The van der Waals surface area contributed by atoms with Gasteiger partial charge < -0.3 is 15.2 Å². The number of hydrogen-bond donors (Lipinski definition) is 2. The predicted molar refractivity (Wildman–Crippen MR) is 76.9 cm³/mol. The van der Waals surface area contributed by atoms with Gasteiger partial charge in [-0.3, -0.25) is 4.79 Å². The van der Waals surface area contributed by atoms with Crippen molar-refractivity contribution in [2.24, 2.45) is 0 Å². The number of benzene rings is 1. The molecule has 0 aliphatic heterocycles. The maximum absolute atomic E-state index is 12.1. The van der Waals surface area contributed by atoms with Crippen LogP contribution in [0.1, 0.15) is 10.4 Å². The summed E-state index contributed by atoms with van der Waals surface area (Å²) in [7, 11) is 1.41. The van der Waals surface area contributed by atoms with E-state index in [9.17, 15) is 9.90 Å². The number of aromatic hydroxyl groups is 1. The van der Waals surface area contributed by atoms with Crippen LogP contribution in [0.25, 0.3) is 0 Å². The average Bonchev–Trinajstić information content (AvgIpc) is 2.44. The third-order valence-electron chi connectivity index (χ3n) is 2.49. The summed E-state index contributed by atoms with van der Waals surface area (Å²) in [6, 6.07) is 5.91. The molecule has 0 aliphatic rings. The first-order chi connectivity index (χ1) is 9.52. The smallest absolute Gasteiger partial charge is 0.261 e. The molecule has 0 aliphatic carbocycles. The molecule has 1 aromatic carbocycles. The second-order valence-electron chi connectivity index (χ2n) is 3.80. The minimum atomic E-state index is -0.497. The number of halogens is 2. The van der Waals surface area contributed by atoms with Crippen molar-refractivity contribution in [1.29, 1.82) is 0 Å². The molecule has 2 aromatic rings. The minimum Gasteiger partial charge on any atom is -0.504 e. The van der Waals surface area contributed by atoms with Crippen molar-refractivity contribution in [1.82, 2.24) is 4.98 Å². The number of aromatic nitrogens is 1. The number of phenols is 1. The lowest BCUT2D eigenvalue weighted by atomic mass is 10.2. The molecule has 0 fully saturated rings. The van der Waals surface area contributed by atoms with Gasteiger partial charge in [-0.05, 0) is 24.3 Å². The molecule has 0 radical (unpaired) electrons. The molecule has 0 spiro atoms. The number of nitrogens with one attached hydrogen (secondary N) is 1. The van der Waals surface area contributed by atoms with E-state index >= 15 is 0 Å². The van der Waals surface area contributed by atoms with E-state index in [1.807, 2.05) is 0 Å². The summed E-state index contributed by atoms with van der Waals surface area (Å²) in [6.45, 7) is 0. The molecule has 0 bridgehead atoms. The number of amides is 1. The predicted octanol–water partition coefficient (Wildman–Crippen LogP) is 3.35. The largest absolute Gasteiger partial charge is 0.504 e. The highest BCUT2D eigenvalue weighted by Gasteiger charge is 2.16. The Kier molecular flexibility index (Phi) is 4.32. The molecule has 1 heterocycles. The van der Waals surface area contributed by atoms with E-state index in [0.717, 1.165) is 0 Å². The lowest BCUT2D eigenvalue weighted by Crippen LogP contribution is -2.14. The van der Waals surface area contributed by atoms with Gasteiger partial charge in [0.25, 0.3) is 5.91 Å².